The normalized spacial score (nSPS) is 9.47. The van der Waals surface area contributed by atoms with Gasteiger partial charge in [-0.25, -0.2) is 0 Å². The van der Waals surface area contributed by atoms with Crippen LogP contribution in [0.5, 0.6) is 5.75 Å². The Bertz CT molecular complexity index is 321. The van der Waals surface area contributed by atoms with Gasteiger partial charge in [0.1, 0.15) is 12.4 Å². The molecule has 0 amide bonds. The molecule has 0 fully saturated rings. The highest BCUT2D eigenvalue weighted by atomic mass is 16.5. The lowest BCUT2D eigenvalue weighted by Gasteiger charge is -2.04. The fraction of sp³-hybridized carbons (Fsp3) is 0.231. The van der Waals surface area contributed by atoms with Crippen LogP contribution in [-0.4, -0.2) is 20.3 Å². The molecule has 0 aromatic heterocycles. The number of nitrogen functional groups attached to an aromatic ring is 1. The summed E-state index contributed by atoms with van der Waals surface area (Å²) in [7, 11) is 1.65. The number of anilines is 1. The molecule has 0 spiro atoms. The minimum absolute atomic E-state index is 0.570. The van der Waals surface area contributed by atoms with Gasteiger partial charge >= 0.3 is 0 Å². The van der Waals surface area contributed by atoms with Crippen LogP contribution in [-0.2, 0) is 4.74 Å². The number of benzene rings is 1. The van der Waals surface area contributed by atoms with Crippen LogP contribution in [0, 0.1) is 0 Å². The summed E-state index contributed by atoms with van der Waals surface area (Å²) in [4.78, 5) is 0. The summed E-state index contributed by atoms with van der Waals surface area (Å²) >= 11 is 0. The average Bonchev–Trinajstić information content (AvgIpc) is 2.34. The number of nitrogens with two attached hydrogens (primary N) is 2. The Balaban J connectivity index is 0.000000437. The van der Waals surface area contributed by atoms with Gasteiger partial charge in [0, 0.05) is 12.8 Å². The first-order valence-electron chi connectivity index (χ1n) is 5.21. The van der Waals surface area contributed by atoms with E-state index in [4.69, 9.17) is 20.9 Å². The fourth-order valence-electron chi connectivity index (χ4n) is 0.885. The van der Waals surface area contributed by atoms with Crippen molar-refractivity contribution >= 4 is 5.69 Å². The minimum atomic E-state index is 0.570. The van der Waals surface area contributed by atoms with Crippen LogP contribution in [0.4, 0.5) is 5.69 Å². The van der Waals surface area contributed by atoms with E-state index in [0.717, 1.165) is 11.4 Å². The van der Waals surface area contributed by atoms with Gasteiger partial charge < -0.3 is 20.9 Å². The van der Waals surface area contributed by atoms with Gasteiger partial charge in [-0.3, -0.25) is 0 Å². The molecule has 1 rings (SSSR count). The third-order valence-electron chi connectivity index (χ3n) is 1.68. The van der Waals surface area contributed by atoms with Gasteiger partial charge in [-0.15, -0.1) is 0 Å². The molecule has 4 N–H and O–H groups in total. The van der Waals surface area contributed by atoms with Crippen molar-refractivity contribution in [3.63, 3.8) is 0 Å². The molecule has 0 saturated heterocycles. The SMILES string of the molecule is C=C/C=C/N.COCCOc1ccc(N)cc1. The summed E-state index contributed by atoms with van der Waals surface area (Å²) in [5.41, 5.74) is 11.1. The molecule has 17 heavy (non-hydrogen) atoms. The van der Waals surface area contributed by atoms with Crippen molar-refractivity contribution in [2.24, 2.45) is 5.73 Å². The van der Waals surface area contributed by atoms with Crippen molar-refractivity contribution in [3.8, 4) is 5.75 Å². The zero-order chi connectivity index (χ0) is 12.9. The maximum atomic E-state index is 5.50. The number of hydrogen-bond acceptors (Lipinski definition) is 4. The topological polar surface area (TPSA) is 70.5 Å². The van der Waals surface area contributed by atoms with E-state index in [0.29, 0.717) is 13.2 Å². The monoisotopic (exact) mass is 236 g/mol. The second-order valence-electron chi connectivity index (χ2n) is 3.03. The lowest BCUT2D eigenvalue weighted by atomic mass is 10.3. The van der Waals surface area contributed by atoms with E-state index in [2.05, 4.69) is 6.58 Å². The summed E-state index contributed by atoms with van der Waals surface area (Å²) in [6, 6.07) is 7.29. The van der Waals surface area contributed by atoms with Gasteiger partial charge in [0.25, 0.3) is 0 Å². The molecule has 0 heterocycles. The van der Waals surface area contributed by atoms with E-state index >= 15 is 0 Å². The Morgan fingerprint density at radius 3 is 2.29 bits per heavy atom. The minimum Gasteiger partial charge on any atom is -0.491 e. The Labute approximate surface area is 103 Å². The molecule has 0 bridgehead atoms. The Hall–Kier alpha value is -1.94. The van der Waals surface area contributed by atoms with Crippen molar-refractivity contribution < 1.29 is 9.47 Å². The van der Waals surface area contributed by atoms with E-state index in [-0.39, 0.29) is 0 Å². The first kappa shape index (κ1) is 15.1. The van der Waals surface area contributed by atoms with Crippen LogP contribution in [0.25, 0.3) is 0 Å². The third-order valence-corrected chi connectivity index (χ3v) is 1.68. The summed E-state index contributed by atoms with van der Waals surface area (Å²) < 4.78 is 10.2. The van der Waals surface area contributed by atoms with E-state index < -0.39 is 0 Å². The predicted molar refractivity (Wildman–Crippen MR) is 71.7 cm³/mol. The molecule has 4 nitrogen and oxygen atoms in total. The summed E-state index contributed by atoms with van der Waals surface area (Å²) in [6.45, 7) is 4.56. The molecule has 94 valence electrons. The molecule has 0 saturated carbocycles. The quantitative estimate of drug-likeness (QED) is 0.465. The molecular weight excluding hydrogens is 216 g/mol. The predicted octanol–water partition coefficient (Wildman–Crippen LogP) is 1.94. The first-order chi connectivity index (χ1) is 8.24. The number of hydrogen-bond donors (Lipinski definition) is 2. The van der Waals surface area contributed by atoms with Crippen LogP contribution in [0.3, 0.4) is 0 Å². The Kier molecular flexibility index (Phi) is 9.37. The van der Waals surface area contributed by atoms with Gasteiger partial charge in [0.05, 0.1) is 6.61 Å². The van der Waals surface area contributed by atoms with Gasteiger partial charge in [0.15, 0.2) is 0 Å². The molecule has 1 aromatic rings. The molecule has 0 radical (unpaired) electrons. The van der Waals surface area contributed by atoms with Gasteiger partial charge in [-0.1, -0.05) is 12.7 Å². The second kappa shape index (κ2) is 10.6. The molecule has 0 unspecified atom stereocenters. The molecule has 0 aliphatic heterocycles. The smallest absolute Gasteiger partial charge is 0.119 e. The van der Waals surface area contributed by atoms with Gasteiger partial charge in [-0.05, 0) is 36.5 Å². The molecule has 1 aromatic carbocycles. The van der Waals surface area contributed by atoms with E-state index in [1.54, 1.807) is 19.3 Å². The maximum absolute atomic E-state index is 5.50. The zero-order valence-corrected chi connectivity index (χ0v) is 10.1. The zero-order valence-electron chi connectivity index (χ0n) is 10.1. The highest BCUT2D eigenvalue weighted by molar-refractivity contribution is 5.41. The summed E-state index contributed by atoms with van der Waals surface area (Å²) in [5, 5.41) is 0. The number of allylic oxidation sites excluding steroid dienone is 2. The molecule has 0 aliphatic carbocycles. The van der Waals surface area contributed by atoms with Crippen molar-refractivity contribution in [1.29, 1.82) is 0 Å². The van der Waals surface area contributed by atoms with Crippen molar-refractivity contribution in [3.05, 3.63) is 49.2 Å². The third kappa shape index (κ3) is 9.02. The second-order valence-corrected chi connectivity index (χ2v) is 3.03. The highest BCUT2D eigenvalue weighted by Gasteiger charge is 1.91. The average molecular weight is 236 g/mol. The van der Waals surface area contributed by atoms with E-state index in [1.165, 1.54) is 6.20 Å². The standard InChI is InChI=1S/C9H13NO2.C4H7N/c1-11-6-7-12-9-4-2-8(10)3-5-9;1-2-3-4-5/h2-5H,6-7,10H2,1H3;2-4H,1,5H2/b;4-3+. The Morgan fingerprint density at radius 2 is 1.88 bits per heavy atom. The lowest BCUT2D eigenvalue weighted by molar-refractivity contribution is 0.146. The first-order valence-corrected chi connectivity index (χ1v) is 5.21. The Morgan fingerprint density at radius 1 is 1.24 bits per heavy atom. The largest absolute Gasteiger partial charge is 0.491 e. The molecule has 0 aliphatic rings. The summed E-state index contributed by atoms with van der Waals surface area (Å²) in [5.74, 6) is 0.821. The van der Waals surface area contributed by atoms with E-state index in [9.17, 15) is 0 Å². The van der Waals surface area contributed by atoms with Crippen molar-refractivity contribution in [2.45, 2.75) is 0 Å². The number of rotatable bonds is 5. The van der Waals surface area contributed by atoms with Crippen LogP contribution in [0.1, 0.15) is 0 Å². The van der Waals surface area contributed by atoms with Crippen molar-refractivity contribution in [1.82, 2.24) is 0 Å². The van der Waals surface area contributed by atoms with E-state index in [1.807, 2.05) is 24.3 Å². The fourth-order valence-corrected chi connectivity index (χ4v) is 0.885. The summed E-state index contributed by atoms with van der Waals surface area (Å²) in [6.07, 6.45) is 4.73. The van der Waals surface area contributed by atoms with Gasteiger partial charge in [0.2, 0.25) is 0 Å². The van der Waals surface area contributed by atoms with Gasteiger partial charge in [-0.2, -0.15) is 0 Å². The molecule has 4 heteroatoms. The maximum Gasteiger partial charge on any atom is 0.119 e. The van der Waals surface area contributed by atoms with Crippen LogP contribution < -0.4 is 16.2 Å². The van der Waals surface area contributed by atoms with Crippen molar-refractivity contribution in [2.75, 3.05) is 26.1 Å². The highest BCUT2D eigenvalue weighted by Crippen LogP contribution is 2.12. The number of ether oxygens (including phenoxy) is 2. The molecule has 0 atom stereocenters. The lowest BCUT2D eigenvalue weighted by Crippen LogP contribution is -2.03. The molecular formula is C13H20N2O2. The van der Waals surface area contributed by atoms with Crippen LogP contribution in [0.2, 0.25) is 0 Å². The number of methoxy groups -OCH3 is 1. The van der Waals surface area contributed by atoms with Crippen LogP contribution >= 0.6 is 0 Å². The van der Waals surface area contributed by atoms with Crippen LogP contribution in [0.15, 0.2) is 49.2 Å².